The summed E-state index contributed by atoms with van der Waals surface area (Å²) in [6.45, 7) is 9.43. The number of nitrogens with two attached hydrogens (primary N) is 1. The maximum Gasteiger partial charge on any atom is 0.215 e. The minimum Gasteiger partial charge on any atom is -0.329 e. The molecule has 0 aliphatic carbocycles. The first-order chi connectivity index (χ1) is 6.79. The molecule has 0 rings (SSSR count). The molecule has 0 bridgehead atoms. The van der Waals surface area contributed by atoms with Crippen molar-refractivity contribution in [1.82, 2.24) is 4.31 Å². The van der Waals surface area contributed by atoms with Crippen LogP contribution < -0.4 is 5.73 Å². The predicted octanol–water partition coefficient (Wildman–Crippen LogP) is 0.889. The van der Waals surface area contributed by atoms with Crippen LogP contribution in [0.25, 0.3) is 0 Å². The van der Waals surface area contributed by atoms with Crippen molar-refractivity contribution in [1.29, 1.82) is 0 Å². The average molecular weight is 236 g/mol. The summed E-state index contributed by atoms with van der Waals surface area (Å²) in [5.74, 6) is 0.736. The van der Waals surface area contributed by atoms with Crippen molar-refractivity contribution >= 4 is 10.0 Å². The lowest BCUT2D eigenvalue weighted by molar-refractivity contribution is 0.333. The van der Waals surface area contributed by atoms with Gasteiger partial charge in [-0.15, -0.1) is 0 Å². The molecule has 0 fully saturated rings. The zero-order valence-electron chi connectivity index (χ0n) is 10.2. The molecule has 0 aromatic heterocycles. The normalized spacial score (nSPS) is 13.1. The standard InChI is InChI=1S/C10H24N2O2S/c1-9(2)7-12(8-10(3)4)15(13,14)6-5-11/h9-10H,5-8,11H2,1-4H3. The van der Waals surface area contributed by atoms with Crippen molar-refractivity contribution in [2.75, 3.05) is 25.4 Å². The van der Waals surface area contributed by atoms with Gasteiger partial charge in [-0.25, -0.2) is 12.7 Å². The van der Waals surface area contributed by atoms with E-state index >= 15 is 0 Å². The van der Waals surface area contributed by atoms with E-state index in [1.807, 2.05) is 27.7 Å². The van der Waals surface area contributed by atoms with E-state index in [2.05, 4.69) is 0 Å². The molecule has 0 aromatic carbocycles. The van der Waals surface area contributed by atoms with Gasteiger partial charge in [-0.3, -0.25) is 0 Å². The van der Waals surface area contributed by atoms with Gasteiger partial charge in [-0.1, -0.05) is 27.7 Å². The van der Waals surface area contributed by atoms with Gasteiger partial charge < -0.3 is 5.73 Å². The first kappa shape index (κ1) is 14.9. The molecule has 92 valence electrons. The number of rotatable bonds is 7. The van der Waals surface area contributed by atoms with Gasteiger partial charge >= 0.3 is 0 Å². The lowest BCUT2D eigenvalue weighted by atomic mass is 10.2. The summed E-state index contributed by atoms with van der Waals surface area (Å²) in [5.41, 5.74) is 5.31. The zero-order valence-corrected chi connectivity index (χ0v) is 11.0. The molecular formula is C10H24N2O2S. The minimum absolute atomic E-state index is 0.0481. The highest BCUT2D eigenvalue weighted by Gasteiger charge is 2.22. The topological polar surface area (TPSA) is 63.4 Å². The molecule has 0 atom stereocenters. The van der Waals surface area contributed by atoms with Gasteiger partial charge in [-0.05, 0) is 11.8 Å². The zero-order chi connectivity index (χ0) is 12.1. The van der Waals surface area contributed by atoms with Crippen LogP contribution in [-0.2, 0) is 10.0 Å². The molecule has 0 unspecified atom stereocenters. The van der Waals surface area contributed by atoms with E-state index in [4.69, 9.17) is 5.73 Å². The summed E-state index contributed by atoms with van der Waals surface area (Å²) >= 11 is 0. The quantitative estimate of drug-likeness (QED) is 0.714. The van der Waals surface area contributed by atoms with E-state index in [9.17, 15) is 8.42 Å². The van der Waals surface area contributed by atoms with E-state index in [0.29, 0.717) is 24.9 Å². The fourth-order valence-corrected chi connectivity index (χ4v) is 3.00. The molecule has 0 spiro atoms. The Morgan fingerprint density at radius 3 is 1.73 bits per heavy atom. The van der Waals surface area contributed by atoms with Crippen molar-refractivity contribution < 1.29 is 8.42 Å². The van der Waals surface area contributed by atoms with Gasteiger partial charge in [0.15, 0.2) is 0 Å². The molecule has 5 heteroatoms. The van der Waals surface area contributed by atoms with Gasteiger partial charge in [0.1, 0.15) is 0 Å². The van der Waals surface area contributed by atoms with Crippen LogP contribution in [0.1, 0.15) is 27.7 Å². The van der Waals surface area contributed by atoms with Gasteiger partial charge in [-0.2, -0.15) is 0 Å². The van der Waals surface area contributed by atoms with Gasteiger partial charge in [0.05, 0.1) is 5.75 Å². The molecule has 0 aromatic rings. The second kappa shape index (κ2) is 6.45. The molecule has 0 aliphatic rings. The molecule has 0 heterocycles. The summed E-state index contributed by atoms with van der Waals surface area (Å²) in [6, 6.07) is 0. The van der Waals surface area contributed by atoms with Crippen LogP contribution in [0.15, 0.2) is 0 Å². The van der Waals surface area contributed by atoms with Crippen molar-refractivity contribution in [3.05, 3.63) is 0 Å². The highest BCUT2D eigenvalue weighted by molar-refractivity contribution is 7.89. The fourth-order valence-electron chi connectivity index (χ4n) is 1.39. The Balaban J connectivity index is 4.61. The molecule has 0 aliphatic heterocycles. The number of hydrogen-bond donors (Lipinski definition) is 1. The van der Waals surface area contributed by atoms with Crippen LogP contribution in [0.3, 0.4) is 0 Å². The minimum atomic E-state index is -3.15. The van der Waals surface area contributed by atoms with E-state index in [1.165, 1.54) is 0 Å². The van der Waals surface area contributed by atoms with Crippen molar-refractivity contribution in [3.63, 3.8) is 0 Å². The molecular weight excluding hydrogens is 212 g/mol. The van der Waals surface area contributed by atoms with Crippen LogP contribution >= 0.6 is 0 Å². The second-order valence-corrected chi connectivity index (χ2v) is 6.80. The lowest BCUT2D eigenvalue weighted by Gasteiger charge is -2.25. The smallest absolute Gasteiger partial charge is 0.215 e. The molecule has 0 saturated heterocycles. The number of sulfonamides is 1. The van der Waals surface area contributed by atoms with E-state index in [-0.39, 0.29) is 12.3 Å². The summed E-state index contributed by atoms with van der Waals surface area (Å²) in [7, 11) is -3.15. The first-order valence-electron chi connectivity index (χ1n) is 5.47. The lowest BCUT2D eigenvalue weighted by Crippen LogP contribution is -2.39. The first-order valence-corrected chi connectivity index (χ1v) is 7.08. The monoisotopic (exact) mass is 236 g/mol. The Morgan fingerprint density at radius 2 is 1.47 bits per heavy atom. The fraction of sp³-hybridized carbons (Fsp3) is 1.00. The van der Waals surface area contributed by atoms with Crippen LogP contribution in [0.4, 0.5) is 0 Å². The molecule has 2 N–H and O–H groups in total. The molecule has 0 saturated carbocycles. The summed E-state index contributed by atoms with van der Waals surface area (Å²) in [5, 5.41) is 0. The Hall–Kier alpha value is -0.130. The predicted molar refractivity (Wildman–Crippen MR) is 64.1 cm³/mol. The molecule has 0 radical (unpaired) electrons. The third-order valence-corrected chi connectivity index (χ3v) is 3.74. The van der Waals surface area contributed by atoms with Crippen molar-refractivity contribution in [2.45, 2.75) is 27.7 Å². The van der Waals surface area contributed by atoms with E-state index in [1.54, 1.807) is 4.31 Å². The number of hydrogen-bond acceptors (Lipinski definition) is 3. The summed E-state index contributed by atoms with van der Waals surface area (Å²) in [4.78, 5) is 0. The Bertz CT molecular complexity index is 251. The van der Waals surface area contributed by atoms with Gasteiger partial charge in [0, 0.05) is 19.6 Å². The Labute approximate surface area is 93.9 Å². The van der Waals surface area contributed by atoms with E-state index < -0.39 is 10.0 Å². The van der Waals surface area contributed by atoms with Gasteiger partial charge in [0.25, 0.3) is 0 Å². The third-order valence-electron chi connectivity index (χ3n) is 1.91. The van der Waals surface area contributed by atoms with Crippen LogP contribution in [0.2, 0.25) is 0 Å². The molecule has 15 heavy (non-hydrogen) atoms. The molecule has 0 amide bonds. The third kappa shape index (κ3) is 6.12. The van der Waals surface area contributed by atoms with Crippen molar-refractivity contribution in [2.24, 2.45) is 17.6 Å². The number of nitrogens with zero attached hydrogens (tertiary/aromatic N) is 1. The highest BCUT2D eigenvalue weighted by Crippen LogP contribution is 2.09. The van der Waals surface area contributed by atoms with Crippen LogP contribution in [0.5, 0.6) is 0 Å². The maximum absolute atomic E-state index is 11.8. The molecule has 4 nitrogen and oxygen atoms in total. The highest BCUT2D eigenvalue weighted by atomic mass is 32.2. The average Bonchev–Trinajstić information content (AvgIpc) is 2.00. The van der Waals surface area contributed by atoms with E-state index in [0.717, 1.165) is 0 Å². The summed E-state index contributed by atoms with van der Waals surface area (Å²) < 4.78 is 25.3. The van der Waals surface area contributed by atoms with Crippen molar-refractivity contribution in [3.8, 4) is 0 Å². The maximum atomic E-state index is 11.8. The summed E-state index contributed by atoms with van der Waals surface area (Å²) in [6.07, 6.45) is 0. The largest absolute Gasteiger partial charge is 0.329 e. The Morgan fingerprint density at radius 1 is 1.07 bits per heavy atom. The Kier molecular flexibility index (Phi) is 6.40. The SMILES string of the molecule is CC(C)CN(CC(C)C)S(=O)(=O)CCN. The second-order valence-electron chi connectivity index (χ2n) is 4.71. The van der Waals surface area contributed by atoms with Crippen LogP contribution in [0, 0.1) is 11.8 Å². The van der Waals surface area contributed by atoms with Crippen LogP contribution in [-0.4, -0.2) is 38.1 Å². The van der Waals surface area contributed by atoms with Gasteiger partial charge in [0.2, 0.25) is 10.0 Å².